The highest BCUT2D eigenvalue weighted by Crippen LogP contribution is 2.37. The minimum atomic E-state index is -0.277. The fourth-order valence-electron chi connectivity index (χ4n) is 3.85. The fourth-order valence-corrected chi connectivity index (χ4v) is 3.85. The highest BCUT2D eigenvalue weighted by molar-refractivity contribution is 5.94. The number of ether oxygens (including phenoxy) is 1. The van der Waals surface area contributed by atoms with Crippen LogP contribution in [0.2, 0.25) is 0 Å². The zero-order valence-electron chi connectivity index (χ0n) is 17.0. The average molecular weight is 377 g/mol. The maximum Gasteiger partial charge on any atom is 0.317 e. The van der Waals surface area contributed by atoms with Crippen LogP contribution in [0, 0.1) is 0 Å². The monoisotopic (exact) mass is 377 g/mol. The van der Waals surface area contributed by atoms with Gasteiger partial charge in [0, 0.05) is 49.9 Å². The van der Waals surface area contributed by atoms with Gasteiger partial charge < -0.3 is 20.3 Å². The topological polar surface area (TPSA) is 88.5 Å². The molecule has 0 aromatic carbocycles. The number of hydrogen-bond acceptors (Lipinski definition) is 4. The van der Waals surface area contributed by atoms with Gasteiger partial charge in [0.1, 0.15) is 0 Å². The lowest BCUT2D eigenvalue weighted by molar-refractivity contribution is -0.0982. The van der Waals surface area contributed by atoms with E-state index in [9.17, 15) is 9.59 Å². The summed E-state index contributed by atoms with van der Waals surface area (Å²) in [6.45, 7) is 9.53. The lowest BCUT2D eigenvalue weighted by atomic mass is 9.83. The third kappa shape index (κ3) is 4.10. The number of carbonyl (C=O) groups excluding carboxylic acids is 2. The lowest BCUT2D eigenvalue weighted by Crippen LogP contribution is -2.53. The molecule has 1 fully saturated rings. The first-order chi connectivity index (χ1) is 12.7. The molecule has 0 unspecified atom stereocenters. The first-order valence-electron chi connectivity index (χ1n) is 9.76. The van der Waals surface area contributed by atoms with Crippen molar-refractivity contribution in [2.45, 2.75) is 71.2 Å². The molecular weight excluding hydrogens is 346 g/mol. The molecule has 0 saturated carbocycles. The predicted octanol–water partition coefficient (Wildman–Crippen LogP) is 1.58. The molecule has 0 aliphatic carbocycles. The number of urea groups is 1. The van der Waals surface area contributed by atoms with Crippen molar-refractivity contribution < 1.29 is 14.3 Å². The van der Waals surface area contributed by atoms with Gasteiger partial charge in [0.2, 0.25) is 0 Å². The Morgan fingerprint density at radius 1 is 1.11 bits per heavy atom. The number of piperidine rings is 1. The molecule has 27 heavy (non-hydrogen) atoms. The third-order valence-electron chi connectivity index (χ3n) is 5.30. The Balaban J connectivity index is 1.70. The van der Waals surface area contributed by atoms with Gasteiger partial charge in [-0.15, -0.1) is 0 Å². The Morgan fingerprint density at radius 3 is 2.33 bits per heavy atom. The summed E-state index contributed by atoms with van der Waals surface area (Å²) in [6.07, 6.45) is 2.30. The molecular formula is C19H31N5O3. The highest BCUT2D eigenvalue weighted by Gasteiger charge is 2.42. The zero-order chi connectivity index (χ0) is 19.8. The molecule has 0 atom stereocenters. The molecule has 0 radical (unpaired) electrons. The van der Waals surface area contributed by atoms with Gasteiger partial charge in [-0.25, -0.2) is 4.79 Å². The fraction of sp³-hybridized carbons (Fsp3) is 0.737. The normalized spacial score (nSPS) is 18.7. The van der Waals surface area contributed by atoms with Gasteiger partial charge in [-0.1, -0.05) is 0 Å². The number of hydrogen-bond donors (Lipinski definition) is 2. The standard InChI is InChI=1S/C19H31N5O3/c1-12(2)20-17(25)16-14-11-27-19(10-15(14)23(5)22-16)6-8-24(9-7-19)18(26)21-13(3)4/h12-13H,6-11H2,1-5H3,(H,20,25)(H,21,26). The molecule has 150 valence electrons. The van der Waals surface area contributed by atoms with Gasteiger partial charge in [-0.3, -0.25) is 9.48 Å². The summed E-state index contributed by atoms with van der Waals surface area (Å²) in [6, 6.07) is 0.184. The second kappa shape index (κ2) is 7.50. The summed E-state index contributed by atoms with van der Waals surface area (Å²) in [7, 11) is 1.88. The number of aromatic nitrogens is 2. The van der Waals surface area contributed by atoms with E-state index < -0.39 is 0 Å². The van der Waals surface area contributed by atoms with E-state index in [0.29, 0.717) is 25.4 Å². The van der Waals surface area contributed by atoms with E-state index in [1.807, 2.05) is 44.3 Å². The smallest absolute Gasteiger partial charge is 0.317 e. The molecule has 3 amide bonds. The Bertz CT molecular complexity index is 717. The predicted molar refractivity (Wildman–Crippen MR) is 102 cm³/mol. The van der Waals surface area contributed by atoms with Crippen molar-refractivity contribution in [3.63, 3.8) is 0 Å². The van der Waals surface area contributed by atoms with Crippen LogP contribution in [0.5, 0.6) is 0 Å². The van der Waals surface area contributed by atoms with Crippen molar-refractivity contribution in [3.05, 3.63) is 17.0 Å². The van der Waals surface area contributed by atoms with Crippen molar-refractivity contribution in [2.24, 2.45) is 7.05 Å². The van der Waals surface area contributed by atoms with Gasteiger partial charge >= 0.3 is 6.03 Å². The van der Waals surface area contributed by atoms with Crippen LogP contribution in [0.25, 0.3) is 0 Å². The van der Waals surface area contributed by atoms with Crippen LogP contribution in [0.3, 0.4) is 0 Å². The number of likely N-dealkylation sites (tertiary alicyclic amines) is 1. The van der Waals surface area contributed by atoms with Crippen molar-refractivity contribution in [1.29, 1.82) is 0 Å². The minimum absolute atomic E-state index is 0.00970. The van der Waals surface area contributed by atoms with E-state index in [1.54, 1.807) is 0 Å². The number of fused-ring (bicyclic) bond motifs is 1. The van der Waals surface area contributed by atoms with Gasteiger partial charge in [-0.2, -0.15) is 5.10 Å². The highest BCUT2D eigenvalue weighted by atomic mass is 16.5. The first kappa shape index (κ1) is 19.7. The van der Waals surface area contributed by atoms with Gasteiger partial charge in [-0.05, 0) is 40.5 Å². The number of aryl methyl sites for hydroxylation is 1. The molecule has 2 aliphatic heterocycles. The molecule has 2 N–H and O–H groups in total. The van der Waals surface area contributed by atoms with Crippen molar-refractivity contribution >= 4 is 11.9 Å². The van der Waals surface area contributed by atoms with E-state index in [2.05, 4.69) is 15.7 Å². The summed E-state index contributed by atoms with van der Waals surface area (Å²) >= 11 is 0. The summed E-state index contributed by atoms with van der Waals surface area (Å²) in [5.74, 6) is -0.151. The number of carbonyl (C=O) groups is 2. The lowest BCUT2D eigenvalue weighted by Gasteiger charge is -2.43. The van der Waals surface area contributed by atoms with E-state index in [4.69, 9.17) is 4.74 Å². The Hall–Kier alpha value is -2.09. The Kier molecular flexibility index (Phi) is 5.46. The largest absolute Gasteiger partial charge is 0.370 e. The van der Waals surface area contributed by atoms with E-state index in [1.165, 1.54) is 0 Å². The minimum Gasteiger partial charge on any atom is -0.370 e. The molecule has 3 rings (SSSR count). The van der Waals surface area contributed by atoms with Crippen LogP contribution in [0.1, 0.15) is 62.3 Å². The van der Waals surface area contributed by atoms with E-state index in [-0.39, 0.29) is 29.6 Å². The molecule has 2 aliphatic rings. The number of rotatable bonds is 3. The molecule has 8 heteroatoms. The van der Waals surface area contributed by atoms with Crippen LogP contribution in [-0.2, 0) is 24.8 Å². The third-order valence-corrected chi connectivity index (χ3v) is 5.30. The molecule has 1 aromatic heterocycles. The van der Waals surface area contributed by atoms with Gasteiger partial charge in [0.25, 0.3) is 5.91 Å². The molecule has 0 bridgehead atoms. The summed E-state index contributed by atoms with van der Waals surface area (Å²) in [5.41, 5.74) is 2.14. The van der Waals surface area contributed by atoms with Crippen LogP contribution in [0.4, 0.5) is 4.79 Å². The summed E-state index contributed by atoms with van der Waals surface area (Å²) < 4.78 is 8.07. The maximum atomic E-state index is 12.4. The quantitative estimate of drug-likeness (QED) is 0.837. The maximum absolute atomic E-state index is 12.4. The van der Waals surface area contributed by atoms with Crippen molar-refractivity contribution in [3.8, 4) is 0 Å². The van der Waals surface area contributed by atoms with Crippen LogP contribution < -0.4 is 10.6 Å². The second-order valence-electron chi connectivity index (χ2n) is 8.27. The van der Waals surface area contributed by atoms with Gasteiger partial charge in [0.15, 0.2) is 5.69 Å². The second-order valence-corrected chi connectivity index (χ2v) is 8.27. The molecule has 1 saturated heterocycles. The van der Waals surface area contributed by atoms with E-state index >= 15 is 0 Å². The van der Waals surface area contributed by atoms with E-state index in [0.717, 1.165) is 30.5 Å². The number of amides is 3. The number of nitrogens with zero attached hydrogens (tertiary/aromatic N) is 3. The molecule has 1 aromatic rings. The summed E-state index contributed by atoms with van der Waals surface area (Å²) in [4.78, 5) is 26.5. The number of nitrogens with one attached hydrogen (secondary N) is 2. The average Bonchev–Trinajstić information content (AvgIpc) is 2.90. The molecule has 3 heterocycles. The van der Waals surface area contributed by atoms with Crippen molar-refractivity contribution in [2.75, 3.05) is 13.1 Å². The Morgan fingerprint density at radius 2 is 1.74 bits per heavy atom. The summed E-state index contributed by atoms with van der Waals surface area (Å²) in [5, 5.41) is 10.3. The first-order valence-corrected chi connectivity index (χ1v) is 9.76. The molecule has 8 nitrogen and oxygen atoms in total. The van der Waals surface area contributed by atoms with Crippen LogP contribution in [0.15, 0.2) is 0 Å². The molecule has 1 spiro atoms. The SMILES string of the molecule is CC(C)NC(=O)c1nn(C)c2c1COC1(CCN(C(=O)NC(C)C)CC1)C2. The van der Waals surface area contributed by atoms with Crippen LogP contribution in [-0.4, -0.2) is 57.4 Å². The zero-order valence-corrected chi connectivity index (χ0v) is 17.0. The van der Waals surface area contributed by atoms with Gasteiger partial charge in [0.05, 0.1) is 12.2 Å². The Labute approximate surface area is 160 Å². The van der Waals surface area contributed by atoms with Crippen LogP contribution >= 0.6 is 0 Å². The van der Waals surface area contributed by atoms with Crippen molar-refractivity contribution in [1.82, 2.24) is 25.3 Å².